The Morgan fingerprint density at radius 2 is 1.54 bits per heavy atom. The highest BCUT2D eigenvalue weighted by molar-refractivity contribution is 5.28. The molecule has 0 saturated carbocycles. The largest absolute Gasteiger partial charge is 0.389 e. The summed E-state index contributed by atoms with van der Waals surface area (Å²) in [6.07, 6.45) is 4.54. The maximum absolute atomic E-state index is 11.9. The molecule has 2 aromatic rings. The monoisotopic (exact) mass is 349 g/mol. The molecule has 0 amide bonds. The van der Waals surface area contributed by atoms with Crippen molar-refractivity contribution < 1.29 is 5.11 Å². The van der Waals surface area contributed by atoms with Crippen molar-refractivity contribution in [1.29, 1.82) is 0 Å². The number of benzene rings is 2. The molecule has 0 radical (unpaired) electrons. The van der Waals surface area contributed by atoms with Crippen LogP contribution in [0.25, 0.3) is 0 Å². The number of hydrogen-bond donors (Lipinski definition) is 2. The zero-order chi connectivity index (χ0) is 18.6. The minimum atomic E-state index is -0.774. The van der Waals surface area contributed by atoms with Gasteiger partial charge in [0.25, 0.3) is 0 Å². The van der Waals surface area contributed by atoms with Gasteiger partial charge < -0.3 is 10.4 Å². The molecule has 0 unspecified atom stereocenters. The topological polar surface area (TPSA) is 32.3 Å². The summed E-state index contributed by atoms with van der Waals surface area (Å²) in [6.45, 7) is 8.32. The van der Waals surface area contributed by atoms with Crippen molar-refractivity contribution in [2.75, 3.05) is 0 Å². The van der Waals surface area contributed by atoms with Gasteiger partial charge in [0.2, 0.25) is 0 Å². The Balaban J connectivity index is 2.07. The maximum Gasteiger partial charge on any atom is 0.0771 e. The second kappa shape index (κ2) is 8.20. The maximum atomic E-state index is 11.9. The zero-order valence-corrected chi connectivity index (χ0v) is 15.9. The molecule has 2 heteroatoms. The zero-order valence-electron chi connectivity index (χ0n) is 15.9. The summed E-state index contributed by atoms with van der Waals surface area (Å²) in [5.41, 5.74) is 1.71. The van der Waals surface area contributed by atoms with Crippen molar-refractivity contribution in [3.63, 3.8) is 0 Å². The van der Waals surface area contributed by atoms with E-state index in [0.717, 1.165) is 12.8 Å². The van der Waals surface area contributed by atoms with Gasteiger partial charge in [0.05, 0.1) is 5.60 Å². The van der Waals surface area contributed by atoms with Crippen LogP contribution in [-0.2, 0) is 0 Å². The molecule has 1 saturated heterocycles. The van der Waals surface area contributed by atoms with Crippen LogP contribution >= 0.6 is 0 Å². The molecule has 2 aromatic carbocycles. The SMILES string of the molecule is C=CC[C@]1(O)[C@H](CCC)[C@H](c2ccccc2)N[C@H](c2ccccc2)[C@@H]1C. The molecule has 138 valence electrons. The summed E-state index contributed by atoms with van der Waals surface area (Å²) in [7, 11) is 0. The third-order valence-electron chi connectivity index (χ3n) is 6.08. The van der Waals surface area contributed by atoms with E-state index in [1.54, 1.807) is 0 Å². The number of nitrogens with one attached hydrogen (secondary N) is 1. The van der Waals surface area contributed by atoms with Gasteiger partial charge in [0, 0.05) is 23.9 Å². The molecular formula is C24H31NO. The van der Waals surface area contributed by atoms with Crippen LogP contribution in [0.2, 0.25) is 0 Å². The Kier molecular flexibility index (Phi) is 5.95. The van der Waals surface area contributed by atoms with E-state index in [2.05, 4.69) is 74.3 Å². The van der Waals surface area contributed by atoms with E-state index in [-0.39, 0.29) is 23.9 Å². The van der Waals surface area contributed by atoms with Gasteiger partial charge in [-0.15, -0.1) is 6.58 Å². The lowest BCUT2D eigenvalue weighted by molar-refractivity contribution is -0.117. The van der Waals surface area contributed by atoms with Crippen molar-refractivity contribution in [2.45, 2.75) is 50.8 Å². The van der Waals surface area contributed by atoms with Gasteiger partial charge in [-0.05, 0) is 24.0 Å². The smallest absolute Gasteiger partial charge is 0.0771 e. The molecule has 1 fully saturated rings. The third-order valence-corrected chi connectivity index (χ3v) is 6.08. The van der Waals surface area contributed by atoms with Crippen LogP contribution in [-0.4, -0.2) is 10.7 Å². The fourth-order valence-electron chi connectivity index (χ4n) is 4.70. The van der Waals surface area contributed by atoms with Gasteiger partial charge in [-0.2, -0.15) is 0 Å². The lowest BCUT2D eigenvalue weighted by atomic mass is 9.63. The van der Waals surface area contributed by atoms with Crippen LogP contribution in [0.3, 0.4) is 0 Å². The second-order valence-corrected chi connectivity index (χ2v) is 7.61. The van der Waals surface area contributed by atoms with E-state index in [0.29, 0.717) is 6.42 Å². The molecule has 3 rings (SSSR count). The summed E-state index contributed by atoms with van der Waals surface area (Å²) in [5, 5.41) is 15.8. The van der Waals surface area contributed by atoms with Gasteiger partial charge >= 0.3 is 0 Å². The van der Waals surface area contributed by atoms with E-state index in [1.807, 2.05) is 18.2 Å². The highest BCUT2D eigenvalue weighted by Gasteiger charge is 2.51. The summed E-state index contributed by atoms with van der Waals surface area (Å²) >= 11 is 0. The molecule has 0 bridgehead atoms. The van der Waals surface area contributed by atoms with Gasteiger partial charge in [-0.3, -0.25) is 0 Å². The predicted octanol–water partition coefficient (Wildman–Crippen LogP) is 5.43. The first-order chi connectivity index (χ1) is 12.6. The number of hydrogen-bond acceptors (Lipinski definition) is 2. The molecule has 0 spiro atoms. The summed E-state index contributed by atoms with van der Waals surface area (Å²) < 4.78 is 0. The number of rotatable bonds is 6. The summed E-state index contributed by atoms with van der Waals surface area (Å²) in [4.78, 5) is 0. The Labute approximate surface area is 158 Å². The van der Waals surface area contributed by atoms with E-state index in [1.165, 1.54) is 11.1 Å². The third kappa shape index (κ3) is 3.49. The minimum absolute atomic E-state index is 0.0967. The van der Waals surface area contributed by atoms with Crippen LogP contribution in [0.1, 0.15) is 56.3 Å². The van der Waals surface area contributed by atoms with E-state index < -0.39 is 5.60 Å². The Morgan fingerprint density at radius 1 is 1.00 bits per heavy atom. The van der Waals surface area contributed by atoms with Crippen molar-refractivity contribution in [3.8, 4) is 0 Å². The first kappa shape index (κ1) is 18.9. The normalized spacial score (nSPS) is 31.5. The molecular weight excluding hydrogens is 318 g/mol. The standard InChI is InChI=1S/C24H31NO/c1-4-12-21-23(20-15-10-7-11-16-20)25-22(19-13-8-6-9-14-19)18(3)24(21,26)17-5-2/h5-11,13-16,18,21-23,25-26H,2,4,12,17H2,1,3H3/t18-,21+,22-,23-,24+/m0/s1. The van der Waals surface area contributed by atoms with Crippen molar-refractivity contribution in [3.05, 3.63) is 84.4 Å². The van der Waals surface area contributed by atoms with Crippen molar-refractivity contribution in [2.24, 2.45) is 11.8 Å². The molecule has 26 heavy (non-hydrogen) atoms. The lowest BCUT2D eigenvalue weighted by Gasteiger charge is -2.53. The molecule has 1 heterocycles. The molecule has 2 N–H and O–H groups in total. The highest BCUT2D eigenvalue weighted by Crippen LogP contribution is 2.50. The predicted molar refractivity (Wildman–Crippen MR) is 109 cm³/mol. The van der Waals surface area contributed by atoms with Gasteiger partial charge in [0.15, 0.2) is 0 Å². The van der Waals surface area contributed by atoms with Gasteiger partial charge in [-0.25, -0.2) is 0 Å². The molecule has 1 aliphatic heterocycles. The van der Waals surface area contributed by atoms with Gasteiger partial charge in [0.1, 0.15) is 0 Å². The van der Waals surface area contributed by atoms with Crippen LogP contribution < -0.4 is 5.32 Å². The molecule has 2 nitrogen and oxygen atoms in total. The Morgan fingerprint density at radius 3 is 2.04 bits per heavy atom. The molecule has 0 aliphatic carbocycles. The summed E-state index contributed by atoms with van der Waals surface area (Å²) in [6, 6.07) is 21.3. The van der Waals surface area contributed by atoms with Gasteiger partial charge in [-0.1, -0.05) is 87.0 Å². The van der Waals surface area contributed by atoms with E-state index in [4.69, 9.17) is 0 Å². The summed E-state index contributed by atoms with van der Waals surface area (Å²) in [5.74, 6) is 0.252. The Hall–Kier alpha value is -1.90. The van der Waals surface area contributed by atoms with Crippen molar-refractivity contribution in [1.82, 2.24) is 5.32 Å². The first-order valence-corrected chi connectivity index (χ1v) is 9.81. The number of piperidine rings is 1. The van der Waals surface area contributed by atoms with Crippen LogP contribution in [0, 0.1) is 11.8 Å². The molecule has 1 aliphatic rings. The van der Waals surface area contributed by atoms with Crippen LogP contribution in [0.4, 0.5) is 0 Å². The first-order valence-electron chi connectivity index (χ1n) is 9.81. The number of aliphatic hydroxyl groups is 1. The van der Waals surface area contributed by atoms with E-state index in [9.17, 15) is 5.11 Å². The average molecular weight is 350 g/mol. The van der Waals surface area contributed by atoms with Crippen molar-refractivity contribution >= 4 is 0 Å². The van der Waals surface area contributed by atoms with Crippen LogP contribution in [0.5, 0.6) is 0 Å². The quantitative estimate of drug-likeness (QED) is 0.681. The lowest BCUT2D eigenvalue weighted by Crippen LogP contribution is -2.58. The minimum Gasteiger partial charge on any atom is -0.389 e. The second-order valence-electron chi connectivity index (χ2n) is 7.61. The highest BCUT2D eigenvalue weighted by atomic mass is 16.3. The Bertz CT molecular complexity index is 699. The molecule has 5 atom stereocenters. The van der Waals surface area contributed by atoms with Crippen LogP contribution in [0.15, 0.2) is 73.3 Å². The fraction of sp³-hybridized carbons (Fsp3) is 0.417. The fourth-order valence-corrected chi connectivity index (χ4v) is 4.70. The molecule has 0 aromatic heterocycles. The average Bonchev–Trinajstić information content (AvgIpc) is 2.68. The van der Waals surface area contributed by atoms with E-state index >= 15 is 0 Å².